The molecule has 0 aromatic rings. The molecule has 0 unspecified atom stereocenters. The summed E-state index contributed by atoms with van der Waals surface area (Å²) in [4.78, 5) is 14.6. The summed E-state index contributed by atoms with van der Waals surface area (Å²) in [7, 11) is 0. The number of aliphatic hydroxyl groups excluding tert-OH is 2. The van der Waals surface area contributed by atoms with Gasteiger partial charge in [-0.25, -0.2) is 0 Å². The van der Waals surface area contributed by atoms with Crippen molar-refractivity contribution in [3.8, 4) is 0 Å². The van der Waals surface area contributed by atoms with Crippen molar-refractivity contribution in [1.29, 1.82) is 0 Å². The summed E-state index contributed by atoms with van der Waals surface area (Å²) < 4.78 is 5.81. The molecule has 3 N–H and O–H groups in total. The first kappa shape index (κ1) is 21.8. The van der Waals surface area contributed by atoms with E-state index in [-0.39, 0.29) is 36.6 Å². The standard InChI is InChI=1S/C22H38N2O4/c1-16-5-3-6-22(2)14-20-17(13-19(16)22)18(21(27)28-20)15-23-7-4-8-24(9-11-25)10-12-26/h17-20,23,25-26H,1,3-15H2,2H3/t17-,18+,19+,20-,22-/m1/s1. The maximum Gasteiger partial charge on any atom is 0.310 e. The third kappa shape index (κ3) is 4.78. The van der Waals surface area contributed by atoms with Crippen LogP contribution < -0.4 is 5.32 Å². The summed E-state index contributed by atoms with van der Waals surface area (Å²) in [6, 6.07) is 0. The van der Waals surface area contributed by atoms with Gasteiger partial charge < -0.3 is 20.3 Å². The summed E-state index contributed by atoms with van der Waals surface area (Å²) in [5.41, 5.74) is 1.63. The lowest BCUT2D eigenvalue weighted by Gasteiger charge is -2.50. The normalized spacial score (nSPS) is 35.0. The van der Waals surface area contributed by atoms with Crippen LogP contribution in [0.5, 0.6) is 0 Å². The summed E-state index contributed by atoms with van der Waals surface area (Å²) in [6.45, 7) is 10.4. The highest BCUT2D eigenvalue weighted by molar-refractivity contribution is 5.75. The number of esters is 1. The lowest BCUT2D eigenvalue weighted by Crippen LogP contribution is -2.45. The molecule has 1 saturated heterocycles. The highest BCUT2D eigenvalue weighted by atomic mass is 16.6. The Labute approximate surface area is 169 Å². The van der Waals surface area contributed by atoms with Crippen molar-refractivity contribution in [2.24, 2.45) is 23.2 Å². The molecule has 1 aliphatic heterocycles. The van der Waals surface area contributed by atoms with Gasteiger partial charge in [-0.1, -0.05) is 19.1 Å². The largest absolute Gasteiger partial charge is 0.462 e. The minimum Gasteiger partial charge on any atom is -0.462 e. The molecule has 0 bridgehead atoms. The van der Waals surface area contributed by atoms with Gasteiger partial charge in [0.15, 0.2) is 0 Å². The molecule has 0 amide bonds. The SMILES string of the molecule is C=C1CCC[C@]2(C)C[C@H]3OC(=O)[C@@H](CNCCCN(CCO)CCO)[C@H]3C[C@@H]12. The van der Waals surface area contributed by atoms with Crippen LogP contribution in [0.25, 0.3) is 0 Å². The number of carbonyl (C=O) groups excluding carboxylic acids is 1. The molecule has 160 valence electrons. The van der Waals surface area contributed by atoms with Gasteiger partial charge in [0.1, 0.15) is 6.10 Å². The van der Waals surface area contributed by atoms with Crippen molar-refractivity contribution in [2.45, 2.75) is 51.6 Å². The lowest BCUT2D eigenvalue weighted by atomic mass is 9.55. The van der Waals surface area contributed by atoms with Gasteiger partial charge in [-0.15, -0.1) is 0 Å². The number of aliphatic hydroxyl groups is 2. The van der Waals surface area contributed by atoms with E-state index in [4.69, 9.17) is 14.9 Å². The number of ether oxygens (including phenoxy) is 1. The molecule has 0 aromatic heterocycles. The molecule has 0 aromatic carbocycles. The smallest absolute Gasteiger partial charge is 0.310 e. The van der Waals surface area contributed by atoms with Crippen LogP contribution >= 0.6 is 0 Å². The van der Waals surface area contributed by atoms with Crippen molar-refractivity contribution < 1.29 is 19.7 Å². The average Bonchev–Trinajstić information content (AvgIpc) is 2.94. The van der Waals surface area contributed by atoms with Crippen molar-refractivity contribution in [3.63, 3.8) is 0 Å². The van der Waals surface area contributed by atoms with E-state index in [1.54, 1.807) is 0 Å². The van der Waals surface area contributed by atoms with Crippen LogP contribution in [0, 0.1) is 23.2 Å². The fraction of sp³-hybridized carbons (Fsp3) is 0.864. The number of allylic oxidation sites excluding steroid dienone is 1. The molecule has 6 nitrogen and oxygen atoms in total. The molecule has 2 aliphatic carbocycles. The molecule has 5 atom stereocenters. The van der Waals surface area contributed by atoms with Crippen molar-refractivity contribution in [1.82, 2.24) is 10.2 Å². The summed E-state index contributed by atoms with van der Waals surface area (Å²) in [6.07, 6.45) is 6.60. The Morgan fingerprint density at radius 3 is 2.75 bits per heavy atom. The maximum atomic E-state index is 12.5. The third-order valence-corrected chi connectivity index (χ3v) is 7.34. The molecule has 28 heavy (non-hydrogen) atoms. The van der Waals surface area contributed by atoms with E-state index in [1.807, 2.05) is 0 Å². The van der Waals surface area contributed by atoms with Gasteiger partial charge in [-0.05, 0) is 62.9 Å². The Hall–Kier alpha value is -0.950. The van der Waals surface area contributed by atoms with Crippen LogP contribution in [0.1, 0.15) is 45.4 Å². The Morgan fingerprint density at radius 1 is 1.29 bits per heavy atom. The van der Waals surface area contributed by atoms with E-state index >= 15 is 0 Å². The van der Waals surface area contributed by atoms with Crippen LogP contribution in [0.15, 0.2) is 12.2 Å². The Kier molecular flexibility index (Phi) is 7.54. The van der Waals surface area contributed by atoms with Crippen LogP contribution in [0.2, 0.25) is 0 Å². The Bertz CT molecular complexity index is 549. The number of hydrogen-bond donors (Lipinski definition) is 3. The first-order valence-electron chi connectivity index (χ1n) is 11.0. The average molecular weight is 395 g/mol. The first-order chi connectivity index (χ1) is 13.5. The fourth-order valence-corrected chi connectivity index (χ4v) is 5.79. The molecular formula is C22H38N2O4. The van der Waals surface area contributed by atoms with Gasteiger partial charge in [-0.3, -0.25) is 9.69 Å². The van der Waals surface area contributed by atoms with E-state index in [0.717, 1.165) is 38.8 Å². The zero-order chi connectivity index (χ0) is 20.1. The number of fused-ring (bicyclic) bond motifs is 2. The zero-order valence-electron chi connectivity index (χ0n) is 17.4. The summed E-state index contributed by atoms with van der Waals surface area (Å²) in [5, 5.41) is 21.6. The molecule has 6 heteroatoms. The highest BCUT2D eigenvalue weighted by Crippen LogP contribution is 2.56. The molecule has 0 spiro atoms. The number of nitrogens with one attached hydrogen (secondary N) is 1. The predicted molar refractivity (Wildman–Crippen MR) is 109 cm³/mol. The van der Waals surface area contributed by atoms with Gasteiger partial charge in [0.05, 0.1) is 19.1 Å². The lowest BCUT2D eigenvalue weighted by molar-refractivity contribution is -0.146. The second-order valence-electron chi connectivity index (χ2n) is 9.25. The van der Waals surface area contributed by atoms with Crippen LogP contribution in [0.3, 0.4) is 0 Å². The number of rotatable bonds is 10. The fourth-order valence-electron chi connectivity index (χ4n) is 5.79. The molecular weight excluding hydrogens is 356 g/mol. The minimum absolute atomic E-state index is 0.0300. The number of carbonyl (C=O) groups is 1. The van der Waals surface area contributed by atoms with Gasteiger partial charge in [0.25, 0.3) is 0 Å². The third-order valence-electron chi connectivity index (χ3n) is 7.34. The van der Waals surface area contributed by atoms with E-state index in [1.165, 1.54) is 18.4 Å². The quantitative estimate of drug-likeness (QED) is 0.296. The van der Waals surface area contributed by atoms with E-state index in [2.05, 4.69) is 23.7 Å². The maximum absolute atomic E-state index is 12.5. The summed E-state index contributed by atoms with van der Waals surface area (Å²) in [5.74, 6) is 0.769. The molecule has 1 heterocycles. The van der Waals surface area contributed by atoms with Gasteiger partial charge in [0.2, 0.25) is 0 Å². The predicted octanol–water partition coefficient (Wildman–Crippen LogP) is 1.57. The molecule has 3 rings (SSSR count). The van der Waals surface area contributed by atoms with Crippen molar-refractivity contribution in [2.75, 3.05) is 45.9 Å². The van der Waals surface area contributed by atoms with E-state index < -0.39 is 0 Å². The second kappa shape index (κ2) is 9.70. The second-order valence-corrected chi connectivity index (χ2v) is 9.25. The molecule has 2 saturated carbocycles. The van der Waals surface area contributed by atoms with Crippen molar-refractivity contribution >= 4 is 5.97 Å². The summed E-state index contributed by atoms with van der Waals surface area (Å²) >= 11 is 0. The van der Waals surface area contributed by atoms with Crippen LogP contribution in [-0.2, 0) is 9.53 Å². The molecule has 0 radical (unpaired) electrons. The number of hydrogen-bond acceptors (Lipinski definition) is 6. The highest BCUT2D eigenvalue weighted by Gasteiger charge is 2.54. The monoisotopic (exact) mass is 394 g/mol. The van der Waals surface area contributed by atoms with Crippen LogP contribution in [0.4, 0.5) is 0 Å². The van der Waals surface area contributed by atoms with Gasteiger partial charge in [-0.2, -0.15) is 0 Å². The van der Waals surface area contributed by atoms with Gasteiger partial charge in [0, 0.05) is 25.6 Å². The van der Waals surface area contributed by atoms with E-state index in [9.17, 15) is 4.79 Å². The van der Waals surface area contributed by atoms with Gasteiger partial charge >= 0.3 is 5.97 Å². The van der Waals surface area contributed by atoms with E-state index in [0.29, 0.717) is 31.5 Å². The molecule has 3 aliphatic rings. The number of nitrogens with zero attached hydrogens (tertiary/aromatic N) is 1. The van der Waals surface area contributed by atoms with Crippen LogP contribution in [-0.4, -0.2) is 73.1 Å². The first-order valence-corrected chi connectivity index (χ1v) is 11.0. The Morgan fingerprint density at radius 2 is 2.04 bits per heavy atom. The Balaban J connectivity index is 1.47. The van der Waals surface area contributed by atoms with Crippen molar-refractivity contribution in [3.05, 3.63) is 12.2 Å². The molecule has 3 fully saturated rings. The minimum atomic E-state index is -0.0461. The zero-order valence-corrected chi connectivity index (χ0v) is 17.4. The topological polar surface area (TPSA) is 82.0 Å².